The summed E-state index contributed by atoms with van der Waals surface area (Å²) in [7, 11) is 0. The molecule has 4 heteroatoms. The number of aryl methyl sites for hydroxylation is 2. The lowest BCUT2D eigenvalue weighted by Crippen LogP contribution is -1.98. The Morgan fingerprint density at radius 3 is 1.40 bits per heavy atom. The van der Waals surface area contributed by atoms with Gasteiger partial charge in [0.25, 0.3) is 0 Å². The summed E-state index contributed by atoms with van der Waals surface area (Å²) in [5.74, 6) is -1.02. The van der Waals surface area contributed by atoms with Crippen LogP contribution in [0.5, 0.6) is 0 Å². The van der Waals surface area contributed by atoms with Gasteiger partial charge in [-0.15, -0.1) is 0 Å². The second kappa shape index (κ2) is 5.33. The van der Waals surface area contributed by atoms with Gasteiger partial charge in [-0.3, -0.25) is 9.59 Å². The van der Waals surface area contributed by atoms with Crippen LogP contribution >= 0.6 is 0 Å². The number of hydrogen-bond acceptors (Lipinski definition) is 2. The van der Waals surface area contributed by atoms with Crippen LogP contribution in [-0.4, -0.2) is 12.6 Å². The molecule has 0 heterocycles. The number of halogens is 2. The maximum absolute atomic E-state index is 13.7. The van der Waals surface area contributed by atoms with Crippen molar-refractivity contribution >= 4 is 12.6 Å². The number of hydrogen-bond donors (Lipinski definition) is 0. The minimum absolute atomic E-state index is 0.212. The predicted molar refractivity (Wildman–Crippen MR) is 72.0 cm³/mol. The quantitative estimate of drug-likeness (QED) is 0.796. The third kappa shape index (κ3) is 2.37. The van der Waals surface area contributed by atoms with Gasteiger partial charge in [-0.1, -0.05) is 0 Å². The van der Waals surface area contributed by atoms with Gasteiger partial charge in [-0.25, -0.2) is 8.78 Å². The molecule has 0 amide bonds. The van der Waals surface area contributed by atoms with E-state index in [1.807, 2.05) is 0 Å². The summed E-state index contributed by atoms with van der Waals surface area (Å²) >= 11 is 0. The van der Waals surface area contributed by atoms with E-state index in [9.17, 15) is 18.4 Å². The van der Waals surface area contributed by atoms with Crippen LogP contribution in [0.4, 0.5) is 8.78 Å². The maximum atomic E-state index is 13.7. The van der Waals surface area contributed by atoms with Crippen LogP contribution in [0.1, 0.15) is 31.8 Å². The van der Waals surface area contributed by atoms with E-state index in [2.05, 4.69) is 0 Å². The molecular weight excluding hydrogens is 262 g/mol. The van der Waals surface area contributed by atoms with E-state index in [4.69, 9.17) is 0 Å². The van der Waals surface area contributed by atoms with Gasteiger partial charge in [0.1, 0.15) is 11.6 Å². The fraction of sp³-hybridized carbons (Fsp3) is 0.125. The standard InChI is InChI=1S/C16H12F2O2/c1-9-3-11(7-19)13(5-15(9)17)14-6-16(18)10(2)4-12(14)8-20/h3-8H,1-2H3. The summed E-state index contributed by atoms with van der Waals surface area (Å²) in [6, 6.07) is 5.06. The maximum Gasteiger partial charge on any atom is 0.150 e. The van der Waals surface area contributed by atoms with Crippen molar-refractivity contribution in [3.63, 3.8) is 0 Å². The van der Waals surface area contributed by atoms with E-state index in [0.29, 0.717) is 23.7 Å². The highest BCUT2D eigenvalue weighted by atomic mass is 19.1. The fourth-order valence-electron chi connectivity index (χ4n) is 2.07. The molecule has 0 bridgehead atoms. The Morgan fingerprint density at radius 2 is 1.10 bits per heavy atom. The molecule has 2 aromatic carbocycles. The van der Waals surface area contributed by atoms with E-state index < -0.39 is 11.6 Å². The van der Waals surface area contributed by atoms with Crippen molar-refractivity contribution in [2.45, 2.75) is 13.8 Å². The van der Waals surface area contributed by atoms with Gasteiger partial charge in [0.15, 0.2) is 12.6 Å². The van der Waals surface area contributed by atoms with Gasteiger partial charge >= 0.3 is 0 Å². The molecule has 0 atom stereocenters. The van der Waals surface area contributed by atoms with Crippen molar-refractivity contribution in [2.75, 3.05) is 0 Å². The zero-order chi connectivity index (χ0) is 14.9. The monoisotopic (exact) mass is 274 g/mol. The van der Waals surface area contributed by atoms with Crippen molar-refractivity contribution < 1.29 is 18.4 Å². The van der Waals surface area contributed by atoms with Crippen molar-refractivity contribution in [3.8, 4) is 11.1 Å². The second-order valence-electron chi connectivity index (χ2n) is 4.61. The normalized spacial score (nSPS) is 10.4. The summed E-state index contributed by atoms with van der Waals surface area (Å²) in [6.45, 7) is 3.06. The number of carbonyl (C=O) groups is 2. The number of aldehydes is 2. The molecular formula is C16H12F2O2. The van der Waals surface area contributed by atoms with E-state index in [0.717, 1.165) is 12.1 Å². The third-order valence-corrected chi connectivity index (χ3v) is 3.21. The van der Waals surface area contributed by atoms with Gasteiger partial charge in [-0.2, -0.15) is 0 Å². The molecule has 0 N–H and O–H groups in total. The van der Waals surface area contributed by atoms with Gasteiger partial charge in [0, 0.05) is 11.1 Å². The van der Waals surface area contributed by atoms with E-state index >= 15 is 0 Å². The molecule has 0 radical (unpaired) electrons. The summed E-state index contributed by atoms with van der Waals surface area (Å²) < 4.78 is 27.4. The molecule has 0 aliphatic carbocycles. The lowest BCUT2D eigenvalue weighted by atomic mass is 9.93. The zero-order valence-electron chi connectivity index (χ0n) is 11.0. The van der Waals surface area contributed by atoms with Gasteiger partial charge in [0.05, 0.1) is 0 Å². The van der Waals surface area contributed by atoms with Crippen molar-refractivity contribution in [3.05, 3.63) is 58.2 Å². The molecule has 20 heavy (non-hydrogen) atoms. The molecule has 0 saturated heterocycles. The first-order valence-corrected chi connectivity index (χ1v) is 5.99. The fourth-order valence-corrected chi connectivity index (χ4v) is 2.07. The van der Waals surface area contributed by atoms with E-state index in [-0.39, 0.29) is 22.3 Å². The largest absolute Gasteiger partial charge is 0.298 e. The smallest absolute Gasteiger partial charge is 0.150 e. The van der Waals surface area contributed by atoms with Crippen LogP contribution < -0.4 is 0 Å². The Bertz CT molecular complexity index is 645. The number of carbonyl (C=O) groups excluding carboxylic acids is 2. The predicted octanol–water partition coefficient (Wildman–Crippen LogP) is 3.87. The van der Waals surface area contributed by atoms with Crippen molar-refractivity contribution in [1.29, 1.82) is 0 Å². The van der Waals surface area contributed by atoms with Gasteiger partial charge < -0.3 is 0 Å². The molecule has 0 spiro atoms. The molecule has 0 saturated carbocycles. The third-order valence-electron chi connectivity index (χ3n) is 3.21. The molecule has 2 nitrogen and oxygen atoms in total. The molecule has 0 fully saturated rings. The average Bonchev–Trinajstić information content (AvgIpc) is 2.43. The number of benzene rings is 2. The number of rotatable bonds is 3. The topological polar surface area (TPSA) is 34.1 Å². The van der Waals surface area contributed by atoms with Crippen molar-refractivity contribution in [1.82, 2.24) is 0 Å². The SMILES string of the molecule is Cc1cc(C=O)c(-c2cc(F)c(C)cc2C=O)cc1F. The Balaban J connectivity index is 2.80. The van der Waals surface area contributed by atoms with Gasteiger partial charge in [-0.05, 0) is 60.4 Å². The first-order valence-electron chi connectivity index (χ1n) is 5.99. The lowest BCUT2D eigenvalue weighted by Gasteiger charge is -2.11. The van der Waals surface area contributed by atoms with Crippen molar-refractivity contribution in [2.24, 2.45) is 0 Å². The van der Waals surface area contributed by atoms with Crippen LogP contribution in [0.15, 0.2) is 24.3 Å². The average molecular weight is 274 g/mol. The second-order valence-corrected chi connectivity index (χ2v) is 4.61. The summed E-state index contributed by atoms with van der Waals surface area (Å²) in [6.07, 6.45) is 1.13. The van der Waals surface area contributed by atoms with Crippen LogP contribution in [-0.2, 0) is 0 Å². The van der Waals surface area contributed by atoms with E-state index in [1.165, 1.54) is 26.0 Å². The Labute approximate surface area is 115 Å². The van der Waals surface area contributed by atoms with Crippen LogP contribution in [0.2, 0.25) is 0 Å². The van der Waals surface area contributed by atoms with Gasteiger partial charge in [0.2, 0.25) is 0 Å². The minimum Gasteiger partial charge on any atom is -0.298 e. The minimum atomic E-state index is -0.511. The van der Waals surface area contributed by atoms with Crippen LogP contribution in [0.25, 0.3) is 11.1 Å². The molecule has 0 aromatic heterocycles. The van der Waals surface area contributed by atoms with Crippen LogP contribution in [0, 0.1) is 25.5 Å². The Morgan fingerprint density at radius 1 is 0.750 bits per heavy atom. The Kier molecular flexibility index (Phi) is 3.74. The molecule has 2 rings (SSSR count). The molecule has 0 aliphatic rings. The highest BCUT2D eigenvalue weighted by molar-refractivity contribution is 5.94. The first kappa shape index (κ1) is 14.1. The zero-order valence-corrected chi connectivity index (χ0v) is 11.0. The Hall–Kier alpha value is -2.36. The highest BCUT2D eigenvalue weighted by Gasteiger charge is 2.14. The molecule has 102 valence electrons. The summed E-state index contributed by atoms with van der Waals surface area (Å²) in [4.78, 5) is 22.2. The molecule has 0 aliphatic heterocycles. The summed E-state index contributed by atoms with van der Waals surface area (Å²) in [5, 5.41) is 0. The molecule has 2 aromatic rings. The van der Waals surface area contributed by atoms with Crippen LogP contribution in [0.3, 0.4) is 0 Å². The summed E-state index contributed by atoms with van der Waals surface area (Å²) in [5.41, 5.74) is 1.49. The lowest BCUT2D eigenvalue weighted by molar-refractivity contribution is 0.111. The molecule has 0 unspecified atom stereocenters. The van der Waals surface area contributed by atoms with E-state index in [1.54, 1.807) is 0 Å². The first-order chi connectivity index (χ1) is 9.47. The highest BCUT2D eigenvalue weighted by Crippen LogP contribution is 2.29.